The molecular weight excluding hydrogens is 302 g/mol. The number of carbonyl (C=O) groups excluding carboxylic acids is 1. The average molecular weight is 333 g/mol. The lowest BCUT2D eigenvalue weighted by molar-refractivity contribution is -0.124. The number of anilines is 1. The minimum absolute atomic E-state index is 0.0417. The van der Waals surface area contributed by atoms with Gasteiger partial charge >= 0.3 is 0 Å². The largest absolute Gasteiger partial charge is 0.367 e. The first kappa shape index (κ1) is 17.3. The standard InChI is InChI=1S/C18H31N5O/c1-22-13-16(11-20-22)23-9-5-6-15(12-23)21-17(24)10-18(14-19)7-3-2-4-8-18/h11,13,15H,2-10,12,14,19H2,1H3,(H,21,24). The number of amides is 1. The van der Waals surface area contributed by atoms with E-state index in [2.05, 4.69) is 15.3 Å². The zero-order chi connectivity index (χ0) is 17.0. The van der Waals surface area contributed by atoms with E-state index in [0.29, 0.717) is 13.0 Å². The molecule has 1 unspecified atom stereocenters. The normalized spacial score (nSPS) is 23.9. The Morgan fingerprint density at radius 3 is 2.83 bits per heavy atom. The maximum atomic E-state index is 12.6. The van der Waals surface area contributed by atoms with Crippen LogP contribution in [0.2, 0.25) is 0 Å². The molecule has 2 aliphatic rings. The lowest BCUT2D eigenvalue weighted by Crippen LogP contribution is -2.49. The van der Waals surface area contributed by atoms with Gasteiger partial charge in [0, 0.05) is 38.8 Å². The van der Waals surface area contributed by atoms with Gasteiger partial charge in [-0.15, -0.1) is 0 Å². The number of aryl methyl sites for hydroxylation is 1. The second kappa shape index (κ2) is 7.55. The molecule has 0 bridgehead atoms. The van der Waals surface area contributed by atoms with Crippen molar-refractivity contribution < 1.29 is 4.79 Å². The molecule has 1 atom stereocenters. The number of nitrogens with zero attached hydrogens (tertiary/aromatic N) is 3. The third kappa shape index (κ3) is 4.09. The molecule has 0 spiro atoms. The van der Waals surface area contributed by atoms with Crippen LogP contribution in [-0.4, -0.2) is 41.4 Å². The Balaban J connectivity index is 1.54. The summed E-state index contributed by atoms with van der Waals surface area (Å²) in [6, 6.07) is 0.227. The quantitative estimate of drug-likeness (QED) is 0.861. The molecule has 1 aromatic rings. The van der Waals surface area contributed by atoms with Gasteiger partial charge in [-0.3, -0.25) is 9.48 Å². The number of nitrogens with one attached hydrogen (secondary N) is 1. The Labute approximate surface area is 144 Å². The molecule has 1 aliphatic heterocycles. The van der Waals surface area contributed by atoms with Gasteiger partial charge in [0.2, 0.25) is 5.91 Å². The molecule has 2 heterocycles. The van der Waals surface area contributed by atoms with Crippen LogP contribution in [0.5, 0.6) is 0 Å². The van der Waals surface area contributed by atoms with Crippen molar-refractivity contribution in [2.24, 2.45) is 18.2 Å². The Morgan fingerprint density at radius 1 is 1.38 bits per heavy atom. The summed E-state index contributed by atoms with van der Waals surface area (Å²) in [5, 5.41) is 7.52. The van der Waals surface area contributed by atoms with Crippen LogP contribution in [-0.2, 0) is 11.8 Å². The van der Waals surface area contributed by atoms with Gasteiger partial charge in [-0.2, -0.15) is 5.10 Å². The summed E-state index contributed by atoms with van der Waals surface area (Å²) < 4.78 is 1.83. The summed E-state index contributed by atoms with van der Waals surface area (Å²) in [4.78, 5) is 14.9. The first-order chi connectivity index (χ1) is 11.6. The first-order valence-electron chi connectivity index (χ1n) is 9.33. The number of piperidine rings is 1. The summed E-state index contributed by atoms with van der Waals surface area (Å²) in [5.41, 5.74) is 7.21. The smallest absolute Gasteiger partial charge is 0.220 e. The number of nitrogens with two attached hydrogens (primary N) is 1. The van der Waals surface area contributed by atoms with Crippen molar-refractivity contribution in [1.29, 1.82) is 0 Å². The molecule has 3 rings (SSSR count). The molecule has 1 amide bonds. The van der Waals surface area contributed by atoms with Crippen LogP contribution in [0.15, 0.2) is 12.4 Å². The van der Waals surface area contributed by atoms with Gasteiger partial charge in [-0.1, -0.05) is 19.3 Å². The zero-order valence-electron chi connectivity index (χ0n) is 14.8. The van der Waals surface area contributed by atoms with E-state index >= 15 is 0 Å². The average Bonchev–Trinajstić information content (AvgIpc) is 3.02. The van der Waals surface area contributed by atoms with E-state index in [1.54, 1.807) is 0 Å². The van der Waals surface area contributed by atoms with Gasteiger partial charge in [0.25, 0.3) is 0 Å². The highest BCUT2D eigenvalue weighted by molar-refractivity contribution is 5.77. The predicted octanol–water partition coefficient (Wildman–Crippen LogP) is 1.80. The van der Waals surface area contributed by atoms with Crippen molar-refractivity contribution in [3.05, 3.63) is 12.4 Å². The van der Waals surface area contributed by atoms with E-state index in [1.165, 1.54) is 19.3 Å². The van der Waals surface area contributed by atoms with Gasteiger partial charge in [0.1, 0.15) is 0 Å². The maximum Gasteiger partial charge on any atom is 0.220 e. The van der Waals surface area contributed by atoms with Crippen LogP contribution in [0.1, 0.15) is 51.4 Å². The molecule has 1 saturated carbocycles. The van der Waals surface area contributed by atoms with E-state index in [1.807, 2.05) is 24.1 Å². The molecule has 0 aromatic carbocycles. The first-order valence-corrected chi connectivity index (χ1v) is 9.33. The fourth-order valence-electron chi connectivity index (χ4n) is 4.28. The van der Waals surface area contributed by atoms with E-state index in [0.717, 1.165) is 44.5 Å². The minimum atomic E-state index is 0.0417. The van der Waals surface area contributed by atoms with Crippen LogP contribution >= 0.6 is 0 Å². The van der Waals surface area contributed by atoms with E-state index in [9.17, 15) is 4.79 Å². The molecule has 6 nitrogen and oxygen atoms in total. The Morgan fingerprint density at radius 2 is 2.17 bits per heavy atom. The summed E-state index contributed by atoms with van der Waals surface area (Å²) >= 11 is 0. The molecule has 0 radical (unpaired) electrons. The maximum absolute atomic E-state index is 12.6. The van der Waals surface area contributed by atoms with Gasteiger partial charge in [-0.25, -0.2) is 0 Å². The van der Waals surface area contributed by atoms with Crippen molar-refractivity contribution in [2.75, 3.05) is 24.5 Å². The minimum Gasteiger partial charge on any atom is -0.367 e. The predicted molar refractivity (Wildman–Crippen MR) is 95.8 cm³/mol. The number of hydrogen-bond donors (Lipinski definition) is 2. The zero-order valence-corrected chi connectivity index (χ0v) is 14.8. The van der Waals surface area contributed by atoms with Crippen molar-refractivity contribution in [3.8, 4) is 0 Å². The van der Waals surface area contributed by atoms with Gasteiger partial charge in [0.05, 0.1) is 11.9 Å². The molecule has 2 fully saturated rings. The number of aromatic nitrogens is 2. The highest BCUT2D eigenvalue weighted by atomic mass is 16.1. The van der Waals surface area contributed by atoms with Gasteiger partial charge in [0.15, 0.2) is 0 Å². The lowest BCUT2D eigenvalue weighted by Gasteiger charge is -2.37. The molecule has 1 saturated heterocycles. The molecule has 24 heavy (non-hydrogen) atoms. The number of carbonyl (C=O) groups is 1. The van der Waals surface area contributed by atoms with Crippen molar-refractivity contribution in [2.45, 2.75) is 57.4 Å². The Hall–Kier alpha value is -1.56. The van der Waals surface area contributed by atoms with Crippen LogP contribution in [0.25, 0.3) is 0 Å². The van der Waals surface area contributed by atoms with Crippen molar-refractivity contribution in [1.82, 2.24) is 15.1 Å². The van der Waals surface area contributed by atoms with Crippen LogP contribution in [0, 0.1) is 5.41 Å². The highest BCUT2D eigenvalue weighted by Crippen LogP contribution is 2.38. The molecule has 134 valence electrons. The molecule has 6 heteroatoms. The third-order valence-electron chi connectivity index (χ3n) is 5.73. The van der Waals surface area contributed by atoms with Crippen LogP contribution in [0.3, 0.4) is 0 Å². The van der Waals surface area contributed by atoms with E-state index < -0.39 is 0 Å². The molecule has 1 aromatic heterocycles. The second-order valence-corrected chi connectivity index (χ2v) is 7.67. The number of hydrogen-bond acceptors (Lipinski definition) is 4. The molecular formula is C18H31N5O. The highest BCUT2D eigenvalue weighted by Gasteiger charge is 2.33. The fourth-order valence-corrected chi connectivity index (χ4v) is 4.28. The SMILES string of the molecule is Cn1cc(N2CCCC(NC(=O)CC3(CN)CCCCC3)C2)cn1. The fraction of sp³-hybridized carbons (Fsp3) is 0.778. The monoisotopic (exact) mass is 333 g/mol. The Kier molecular flexibility index (Phi) is 5.43. The second-order valence-electron chi connectivity index (χ2n) is 7.67. The van der Waals surface area contributed by atoms with Gasteiger partial charge < -0.3 is 16.0 Å². The van der Waals surface area contributed by atoms with Crippen LogP contribution < -0.4 is 16.0 Å². The van der Waals surface area contributed by atoms with Crippen molar-refractivity contribution >= 4 is 11.6 Å². The summed E-state index contributed by atoms with van der Waals surface area (Å²) in [6.45, 7) is 2.53. The molecule has 1 aliphatic carbocycles. The lowest BCUT2D eigenvalue weighted by atomic mass is 9.71. The summed E-state index contributed by atoms with van der Waals surface area (Å²) in [5.74, 6) is 0.181. The van der Waals surface area contributed by atoms with Gasteiger partial charge in [-0.05, 0) is 37.6 Å². The molecule has 3 N–H and O–H groups in total. The number of rotatable bonds is 5. The van der Waals surface area contributed by atoms with Crippen LogP contribution in [0.4, 0.5) is 5.69 Å². The Bertz CT molecular complexity index is 549. The summed E-state index contributed by atoms with van der Waals surface area (Å²) in [6.07, 6.45) is 12.6. The van der Waals surface area contributed by atoms with Crippen molar-refractivity contribution in [3.63, 3.8) is 0 Å². The summed E-state index contributed by atoms with van der Waals surface area (Å²) in [7, 11) is 1.93. The van der Waals surface area contributed by atoms with E-state index in [4.69, 9.17) is 5.73 Å². The van der Waals surface area contributed by atoms with E-state index in [-0.39, 0.29) is 17.4 Å². The third-order valence-corrected chi connectivity index (χ3v) is 5.73. The topological polar surface area (TPSA) is 76.2 Å².